The van der Waals surface area contributed by atoms with Gasteiger partial charge < -0.3 is 19.3 Å². The van der Waals surface area contributed by atoms with Crippen LogP contribution >= 0.6 is 0 Å². The summed E-state index contributed by atoms with van der Waals surface area (Å²) in [5, 5.41) is 0. The zero-order valence-corrected chi connectivity index (χ0v) is 14.9. The molecule has 6 nitrogen and oxygen atoms in total. The summed E-state index contributed by atoms with van der Waals surface area (Å²) in [6.07, 6.45) is 0.820. The van der Waals surface area contributed by atoms with E-state index in [0.29, 0.717) is 43.2 Å². The van der Waals surface area contributed by atoms with Crippen molar-refractivity contribution in [1.29, 1.82) is 0 Å². The monoisotopic (exact) mass is 334 g/mol. The van der Waals surface area contributed by atoms with Crippen LogP contribution in [0.5, 0.6) is 11.5 Å². The predicted molar refractivity (Wildman–Crippen MR) is 91.5 cm³/mol. The van der Waals surface area contributed by atoms with Crippen LogP contribution in [0.3, 0.4) is 0 Å². The molecular weight excluding hydrogens is 308 g/mol. The molecule has 1 fully saturated rings. The fourth-order valence-corrected chi connectivity index (χ4v) is 2.77. The molecule has 2 rings (SSSR count). The van der Waals surface area contributed by atoms with Crippen LogP contribution < -0.4 is 9.47 Å². The third-order valence-electron chi connectivity index (χ3n) is 4.00. The van der Waals surface area contributed by atoms with Gasteiger partial charge in [-0.05, 0) is 38.5 Å². The van der Waals surface area contributed by atoms with Gasteiger partial charge in [-0.25, -0.2) is 0 Å². The molecule has 0 bridgehead atoms. The summed E-state index contributed by atoms with van der Waals surface area (Å²) < 4.78 is 11.0. The highest BCUT2D eigenvalue weighted by atomic mass is 16.5. The van der Waals surface area contributed by atoms with Gasteiger partial charge in [-0.15, -0.1) is 0 Å². The molecule has 0 saturated carbocycles. The maximum atomic E-state index is 12.8. The summed E-state index contributed by atoms with van der Waals surface area (Å²) in [6, 6.07) is 5.25. The van der Waals surface area contributed by atoms with Crippen molar-refractivity contribution in [2.45, 2.75) is 33.3 Å². The second kappa shape index (κ2) is 8.04. The molecule has 0 aromatic heterocycles. The second-order valence-corrected chi connectivity index (χ2v) is 6.18. The van der Waals surface area contributed by atoms with Crippen molar-refractivity contribution < 1.29 is 19.1 Å². The van der Waals surface area contributed by atoms with Gasteiger partial charge in [0.2, 0.25) is 5.91 Å². The lowest BCUT2D eigenvalue weighted by Gasteiger charge is -2.22. The standard InChI is InChI=1S/C18H26N2O4/c1-13(2)24-16-7-6-15(12-17(16)23-4)18(22)20-9-5-8-19(10-11-20)14(3)21/h6-7,12-13H,5,8-11H2,1-4H3. The number of carbonyl (C=O) groups excluding carboxylic acids is 2. The smallest absolute Gasteiger partial charge is 0.254 e. The molecule has 0 N–H and O–H groups in total. The first kappa shape index (κ1) is 18.1. The molecule has 0 atom stereocenters. The number of hydrogen-bond donors (Lipinski definition) is 0. The van der Waals surface area contributed by atoms with Gasteiger partial charge in [0.25, 0.3) is 5.91 Å². The quantitative estimate of drug-likeness (QED) is 0.847. The molecule has 0 radical (unpaired) electrons. The molecule has 0 spiro atoms. The summed E-state index contributed by atoms with van der Waals surface area (Å²) in [5.74, 6) is 1.19. The van der Waals surface area contributed by atoms with E-state index < -0.39 is 0 Å². The fraction of sp³-hybridized carbons (Fsp3) is 0.556. The maximum Gasteiger partial charge on any atom is 0.254 e. The Balaban J connectivity index is 2.13. The number of methoxy groups -OCH3 is 1. The topological polar surface area (TPSA) is 59.1 Å². The van der Waals surface area contributed by atoms with E-state index in [2.05, 4.69) is 0 Å². The second-order valence-electron chi connectivity index (χ2n) is 6.18. The normalized spacial score (nSPS) is 15.2. The number of benzene rings is 1. The van der Waals surface area contributed by atoms with Crippen molar-refractivity contribution in [3.05, 3.63) is 23.8 Å². The molecule has 6 heteroatoms. The van der Waals surface area contributed by atoms with Crippen molar-refractivity contribution in [2.75, 3.05) is 33.3 Å². The number of amides is 2. The van der Waals surface area contributed by atoms with Gasteiger partial charge in [0, 0.05) is 38.7 Å². The van der Waals surface area contributed by atoms with Gasteiger partial charge in [0.15, 0.2) is 11.5 Å². The number of ether oxygens (including phenoxy) is 2. The van der Waals surface area contributed by atoms with Crippen LogP contribution in [-0.2, 0) is 4.79 Å². The SMILES string of the molecule is COc1cc(C(=O)N2CCCN(C(C)=O)CC2)ccc1OC(C)C. The molecule has 1 heterocycles. The number of carbonyl (C=O) groups is 2. The Morgan fingerprint density at radius 1 is 1.04 bits per heavy atom. The molecule has 1 aliphatic heterocycles. The summed E-state index contributed by atoms with van der Waals surface area (Å²) in [5.41, 5.74) is 0.569. The van der Waals surface area contributed by atoms with Gasteiger partial charge >= 0.3 is 0 Å². The molecule has 2 amide bonds. The Morgan fingerprint density at radius 3 is 2.33 bits per heavy atom. The minimum absolute atomic E-state index is 0.0311. The highest BCUT2D eigenvalue weighted by molar-refractivity contribution is 5.95. The van der Waals surface area contributed by atoms with Gasteiger partial charge in [-0.1, -0.05) is 0 Å². The van der Waals surface area contributed by atoms with Crippen LogP contribution in [-0.4, -0.2) is 61.0 Å². The maximum absolute atomic E-state index is 12.8. The molecule has 24 heavy (non-hydrogen) atoms. The number of nitrogens with zero attached hydrogens (tertiary/aromatic N) is 2. The van der Waals surface area contributed by atoms with Gasteiger partial charge in [0.05, 0.1) is 13.2 Å². The lowest BCUT2D eigenvalue weighted by molar-refractivity contribution is -0.128. The summed E-state index contributed by atoms with van der Waals surface area (Å²) >= 11 is 0. The molecule has 1 aromatic carbocycles. The van der Waals surface area contributed by atoms with E-state index in [0.717, 1.165) is 6.42 Å². The zero-order chi connectivity index (χ0) is 17.7. The lowest BCUT2D eigenvalue weighted by Crippen LogP contribution is -2.36. The average Bonchev–Trinajstić information content (AvgIpc) is 2.80. The van der Waals surface area contributed by atoms with E-state index in [-0.39, 0.29) is 17.9 Å². The van der Waals surface area contributed by atoms with E-state index in [1.807, 2.05) is 13.8 Å². The van der Waals surface area contributed by atoms with Crippen molar-refractivity contribution in [1.82, 2.24) is 9.80 Å². The Morgan fingerprint density at radius 2 is 1.71 bits per heavy atom. The Hall–Kier alpha value is -2.24. The van der Waals surface area contributed by atoms with Crippen molar-refractivity contribution in [3.63, 3.8) is 0 Å². The summed E-state index contributed by atoms with van der Waals surface area (Å²) in [6.45, 7) is 7.92. The molecule has 1 aliphatic rings. The summed E-state index contributed by atoms with van der Waals surface area (Å²) in [4.78, 5) is 27.8. The van der Waals surface area contributed by atoms with E-state index in [4.69, 9.17) is 9.47 Å². The van der Waals surface area contributed by atoms with Crippen LogP contribution in [0.25, 0.3) is 0 Å². The minimum Gasteiger partial charge on any atom is -0.493 e. The van der Waals surface area contributed by atoms with E-state index in [1.54, 1.807) is 42.0 Å². The van der Waals surface area contributed by atoms with Crippen molar-refractivity contribution >= 4 is 11.8 Å². The Labute approximate surface area is 143 Å². The largest absolute Gasteiger partial charge is 0.493 e. The molecule has 0 unspecified atom stereocenters. The molecule has 132 valence electrons. The third kappa shape index (κ3) is 4.40. The minimum atomic E-state index is -0.0465. The lowest BCUT2D eigenvalue weighted by atomic mass is 10.1. The first-order chi connectivity index (χ1) is 11.4. The van der Waals surface area contributed by atoms with E-state index in [1.165, 1.54) is 0 Å². The fourth-order valence-electron chi connectivity index (χ4n) is 2.77. The van der Waals surface area contributed by atoms with Crippen LogP contribution in [0.4, 0.5) is 0 Å². The van der Waals surface area contributed by atoms with Crippen LogP contribution in [0.2, 0.25) is 0 Å². The Kier molecular flexibility index (Phi) is 6.06. The van der Waals surface area contributed by atoms with Gasteiger partial charge in [0.1, 0.15) is 0 Å². The van der Waals surface area contributed by atoms with Gasteiger partial charge in [-0.3, -0.25) is 9.59 Å². The molecular formula is C18H26N2O4. The highest BCUT2D eigenvalue weighted by Crippen LogP contribution is 2.29. The first-order valence-corrected chi connectivity index (χ1v) is 8.32. The number of hydrogen-bond acceptors (Lipinski definition) is 4. The van der Waals surface area contributed by atoms with Crippen LogP contribution in [0.15, 0.2) is 18.2 Å². The van der Waals surface area contributed by atoms with Crippen LogP contribution in [0.1, 0.15) is 37.6 Å². The number of rotatable bonds is 4. The van der Waals surface area contributed by atoms with E-state index in [9.17, 15) is 9.59 Å². The molecule has 1 aromatic rings. The highest BCUT2D eigenvalue weighted by Gasteiger charge is 2.22. The van der Waals surface area contributed by atoms with Crippen molar-refractivity contribution in [2.24, 2.45) is 0 Å². The first-order valence-electron chi connectivity index (χ1n) is 8.32. The van der Waals surface area contributed by atoms with Crippen LogP contribution in [0, 0.1) is 0 Å². The zero-order valence-electron chi connectivity index (χ0n) is 14.9. The third-order valence-corrected chi connectivity index (χ3v) is 4.00. The molecule has 1 saturated heterocycles. The Bertz CT molecular complexity index is 601. The predicted octanol–water partition coefficient (Wildman–Crippen LogP) is 2.18. The average molecular weight is 334 g/mol. The van der Waals surface area contributed by atoms with Gasteiger partial charge in [-0.2, -0.15) is 0 Å². The summed E-state index contributed by atoms with van der Waals surface area (Å²) in [7, 11) is 1.56. The van der Waals surface area contributed by atoms with E-state index >= 15 is 0 Å². The van der Waals surface area contributed by atoms with Crippen molar-refractivity contribution in [3.8, 4) is 11.5 Å². The molecule has 0 aliphatic carbocycles.